The minimum atomic E-state index is -5.06. The number of anilines is 4. The van der Waals surface area contributed by atoms with E-state index in [1.807, 2.05) is 0 Å². The number of hydrogen-bond acceptors (Lipinski definition) is 16. The number of nitrogens with zero attached hydrogens (tertiary/aromatic N) is 4. The number of fused-ring (bicyclic) bond motifs is 2. The molecule has 4 aromatic rings. The third-order valence-corrected chi connectivity index (χ3v) is 10.2. The number of Topliss-reactive ketones (excluding diaryl/α,β-unsaturated/α-hetero) is 2. The first-order chi connectivity index (χ1) is 25.3. The van der Waals surface area contributed by atoms with Crippen molar-refractivity contribution in [3.8, 4) is 0 Å². The summed E-state index contributed by atoms with van der Waals surface area (Å²) in [5.74, 6) is -1.80. The van der Waals surface area contributed by atoms with Gasteiger partial charge in [0.15, 0.2) is 11.4 Å². The fourth-order valence-electron chi connectivity index (χ4n) is 5.15. The van der Waals surface area contributed by atoms with Gasteiger partial charge in [-0.05, 0) is 102 Å². The number of nitrogen functional groups attached to an aromatic ring is 2. The van der Waals surface area contributed by atoms with Crippen molar-refractivity contribution in [2.75, 3.05) is 22.3 Å². The van der Waals surface area contributed by atoms with E-state index in [0.29, 0.717) is 17.1 Å². The fraction of sp³-hybridized carbons (Fsp3) is 0. The number of benzene rings is 4. The van der Waals surface area contributed by atoms with Gasteiger partial charge in [-0.15, -0.1) is 0 Å². The number of carbonyl (C=O) groups is 2. The van der Waals surface area contributed by atoms with Crippen LogP contribution in [0.3, 0.4) is 0 Å². The molecule has 6 rings (SSSR count). The minimum absolute atomic E-state index is 0.144. The Bertz CT molecular complexity index is 2780. The summed E-state index contributed by atoms with van der Waals surface area (Å²) in [5.41, 5.74) is 16.4. The lowest BCUT2D eigenvalue weighted by Gasteiger charge is -2.18. The number of nitrogens with two attached hydrogens (primary N) is 2. The lowest BCUT2D eigenvalue weighted by molar-refractivity contribution is 0.105. The van der Waals surface area contributed by atoms with E-state index in [4.69, 9.17) is 11.5 Å². The third kappa shape index (κ3) is 7.82. The molecule has 4 aromatic carbocycles. The summed E-state index contributed by atoms with van der Waals surface area (Å²) < 4.78 is 100. The number of hydrogen-bond donors (Lipinski definition) is 7. The Morgan fingerprint density at radius 2 is 1.04 bits per heavy atom. The molecule has 0 aliphatic heterocycles. The molecule has 0 spiro atoms. The molecule has 0 saturated carbocycles. The van der Waals surface area contributed by atoms with Crippen molar-refractivity contribution in [2.24, 2.45) is 20.4 Å². The van der Waals surface area contributed by atoms with Gasteiger partial charge >= 0.3 is 0 Å². The highest BCUT2D eigenvalue weighted by Gasteiger charge is 2.35. The van der Waals surface area contributed by atoms with E-state index in [1.165, 1.54) is 66.7 Å². The third-order valence-electron chi connectivity index (χ3n) is 7.65. The fourth-order valence-corrected chi connectivity index (χ4v) is 7.02. The van der Waals surface area contributed by atoms with Gasteiger partial charge < -0.3 is 11.5 Å². The monoisotopic (exact) mass is 792 g/mol. The highest BCUT2D eigenvalue weighted by Crippen LogP contribution is 2.33. The summed E-state index contributed by atoms with van der Waals surface area (Å²) in [4.78, 5) is 23.9. The van der Waals surface area contributed by atoms with Crippen LogP contribution in [0.1, 0.15) is 31.8 Å². The summed E-state index contributed by atoms with van der Waals surface area (Å²) in [5, 5.41) is 16.0. The van der Waals surface area contributed by atoms with Crippen LogP contribution >= 0.6 is 0 Å². The zero-order valence-electron chi connectivity index (χ0n) is 26.9. The van der Waals surface area contributed by atoms with Crippen molar-refractivity contribution in [3.63, 3.8) is 0 Å². The maximum atomic E-state index is 13.2. The van der Waals surface area contributed by atoms with Gasteiger partial charge in [0.2, 0.25) is 11.6 Å². The average molecular weight is 793 g/mol. The van der Waals surface area contributed by atoms with E-state index in [2.05, 4.69) is 31.3 Å². The van der Waals surface area contributed by atoms with Gasteiger partial charge in [-0.2, -0.15) is 45.7 Å². The van der Waals surface area contributed by atoms with Crippen molar-refractivity contribution >= 4 is 99.6 Å². The second-order valence-electron chi connectivity index (χ2n) is 11.4. The molecule has 0 unspecified atom stereocenters. The first kappa shape index (κ1) is 37.3. The Labute approximate surface area is 305 Å². The first-order valence-corrected chi connectivity index (χ1v) is 19.2. The van der Waals surface area contributed by atoms with E-state index in [-0.39, 0.29) is 33.6 Å². The van der Waals surface area contributed by atoms with E-state index >= 15 is 0 Å². The molecule has 0 atom stereocenters. The summed E-state index contributed by atoms with van der Waals surface area (Å²) in [6.45, 7) is 0. The lowest BCUT2D eigenvalue weighted by Crippen LogP contribution is -2.28. The van der Waals surface area contributed by atoms with Gasteiger partial charge in [0.1, 0.15) is 9.81 Å². The molecule has 0 aromatic heterocycles. The smallest absolute Gasteiger partial charge is 0.296 e. The predicted molar refractivity (Wildman–Crippen MR) is 198 cm³/mol. The van der Waals surface area contributed by atoms with Crippen molar-refractivity contribution in [1.82, 2.24) is 0 Å². The van der Waals surface area contributed by atoms with E-state index in [0.717, 1.165) is 24.3 Å². The Morgan fingerprint density at radius 3 is 1.52 bits per heavy atom. The first-order valence-electron chi connectivity index (χ1n) is 14.9. The second kappa shape index (κ2) is 13.8. The quantitative estimate of drug-likeness (QED) is 0.0538. The lowest BCUT2D eigenvalue weighted by atomic mass is 9.93. The molecule has 0 amide bonds. The Kier molecular flexibility index (Phi) is 9.57. The molecule has 0 bridgehead atoms. The van der Waals surface area contributed by atoms with Crippen molar-refractivity contribution in [1.29, 1.82) is 0 Å². The molecule has 2 aliphatic rings. The molecule has 0 fully saturated rings. The summed E-state index contributed by atoms with van der Waals surface area (Å²) in [7, 11) is -14.7. The van der Waals surface area contributed by atoms with Crippen LogP contribution in [0.5, 0.6) is 0 Å². The second-order valence-corrected chi connectivity index (χ2v) is 15.6. The van der Waals surface area contributed by atoms with Crippen molar-refractivity contribution in [2.45, 2.75) is 4.90 Å². The molecule has 19 nitrogen and oxygen atoms in total. The summed E-state index contributed by atoms with van der Waals surface area (Å²) in [6, 6.07) is 18.0. The van der Waals surface area contributed by atoms with Crippen LogP contribution in [-0.4, -0.2) is 61.9 Å². The topological polar surface area (TPSA) is 323 Å². The number of hydrazone groups is 2. The van der Waals surface area contributed by atoms with Crippen LogP contribution in [0.15, 0.2) is 114 Å². The minimum Gasteiger partial charge on any atom is -0.399 e. The van der Waals surface area contributed by atoms with Crippen LogP contribution in [0.25, 0.3) is 12.2 Å². The number of nitrogens with one attached hydrogen (secondary N) is 2. The maximum absolute atomic E-state index is 13.2. The molecule has 2 aliphatic carbocycles. The molecule has 0 heterocycles. The maximum Gasteiger partial charge on any atom is 0.296 e. The summed E-state index contributed by atoms with van der Waals surface area (Å²) >= 11 is 0. The van der Waals surface area contributed by atoms with Crippen LogP contribution in [0, 0.1) is 0 Å². The average Bonchev–Trinajstić information content (AvgIpc) is 3.09. The molecule has 0 radical (unpaired) electrons. The van der Waals surface area contributed by atoms with Gasteiger partial charge in [0.25, 0.3) is 30.4 Å². The van der Waals surface area contributed by atoms with Gasteiger partial charge in [-0.1, -0.05) is 0 Å². The molecule has 9 N–H and O–H groups in total. The largest absolute Gasteiger partial charge is 0.399 e. The molecule has 276 valence electrons. The van der Waals surface area contributed by atoms with Crippen LogP contribution < -0.4 is 22.3 Å². The van der Waals surface area contributed by atoms with Gasteiger partial charge in [-0.25, -0.2) is 0 Å². The van der Waals surface area contributed by atoms with Crippen LogP contribution in [0.4, 0.5) is 34.1 Å². The van der Waals surface area contributed by atoms with Gasteiger partial charge in [0, 0.05) is 16.9 Å². The number of azo groups is 1. The van der Waals surface area contributed by atoms with Gasteiger partial charge in [-0.3, -0.25) is 34.1 Å². The Balaban J connectivity index is 1.15. The molecular formula is C32H24N8O11S3. The molecule has 0 saturated heterocycles. The van der Waals surface area contributed by atoms with E-state index in [1.54, 1.807) is 0 Å². The zero-order chi connectivity index (χ0) is 39.2. The molecule has 54 heavy (non-hydrogen) atoms. The highest BCUT2D eigenvalue weighted by atomic mass is 32.2. The number of rotatable bonds is 9. The van der Waals surface area contributed by atoms with E-state index in [9.17, 15) is 48.5 Å². The summed E-state index contributed by atoms with van der Waals surface area (Å²) in [6.07, 6.45) is 1.89. The van der Waals surface area contributed by atoms with Gasteiger partial charge in [0.05, 0.1) is 33.2 Å². The van der Waals surface area contributed by atoms with Crippen molar-refractivity contribution in [3.05, 3.63) is 111 Å². The zero-order valence-corrected chi connectivity index (χ0v) is 29.4. The number of ketones is 2. The molecule has 22 heteroatoms. The van der Waals surface area contributed by atoms with Crippen LogP contribution in [-0.2, 0) is 30.4 Å². The predicted octanol–water partition coefficient (Wildman–Crippen LogP) is 4.30. The number of allylic oxidation sites excluding steroid dienone is 2. The number of carbonyl (C=O) groups excluding carboxylic acids is 2. The Hall–Kier alpha value is -6.43. The standard InChI is InChI=1S/C32H24N8O11S3/c33-18-1-10-24-16(11-18)13-26(53(46,47)48)29(31(24)41)39-37-21-6-2-19(3-7-21)35-36-20-4-8-22(9-5-20)38-40-30-27(54(49,50)51)14-17-12-23(52(43,44)45)15-25(34)28(17)32(30)42/h1-15,37-38H,33-34H2,(H,43,44,45)(H,46,47,48)(H,49,50,51). The highest BCUT2D eigenvalue weighted by molar-refractivity contribution is 7.91. The van der Waals surface area contributed by atoms with Crippen LogP contribution in [0.2, 0.25) is 0 Å². The SMILES string of the molecule is Nc1ccc2c(c1)C=C(S(=O)(=O)O)C(=NNc1ccc(N=Nc3ccc(NN=C4C(=O)c5c(N)cc(S(=O)(=O)O)cc5C=C4S(=O)(=O)O)cc3)cc1)C2=O. The normalized spacial score (nSPS) is 16.2. The Morgan fingerprint density at radius 1 is 0.556 bits per heavy atom. The van der Waals surface area contributed by atoms with E-state index < -0.39 is 73.7 Å². The molecular weight excluding hydrogens is 769 g/mol. The van der Waals surface area contributed by atoms with Crippen molar-refractivity contribution < 1.29 is 48.5 Å².